The van der Waals surface area contributed by atoms with Crippen LogP contribution < -0.4 is 0 Å². The molecule has 0 aliphatic carbocycles. The first-order valence-corrected chi connectivity index (χ1v) is 2.78. The van der Waals surface area contributed by atoms with E-state index in [1.807, 2.05) is 0 Å². The van der Waals surface area contributed by atoms with Crippen LogP contribution in [0, 0.1) is 0 Å². The number of allylic oxidation sites excluding steroid dienone is 1. The molecule has 0 aromatic carbocycles. The number of carboxylic acid groups (broad SMARTS) is 1. The van der Waals surface area contributed by atoms with Crippen LogP contribution in [-0.4, -0.2) is 16.2 Å². The van der Waals surface area contributed by atoms with E-state index in [9.17, 15) is 4.79 Å². The fourth-order valence-electron chi connectivity index (χ4n) is 0.279. The molecule has 0 spiro atoms. The van der Waals surface area contributed by atoms with Crippen LogP contribution in [0.1, 0.15) is 13.3 Å². The lowest BCUT2D eigenvalue weighted by Crippen LogP contribution is -1.97. The summed E-state index contributed by atoms with van der Waals surface area (Å²) in [4.78, 5) is 9.95. The van der Waals surface area contributed by atoms with Gasteiger partial charge in [-0.25, -0.2) is 4.79 Å². The van der Waals surface area contributed by atoms with Gasteiger partial charge in [-0.2, -0.15) is 0 Å². The average molecular weight is 151 g/mol. The number of hydrogen-bond acceptors (Lipinski definition) is 2. The predicted octanol–water partition coefficient (Wildman–Crippen LogP) is 1.49. The molecule has 4 heteroatoms. The zero-order valence-corrected chi connectivity index (χ0v) is 5.64. The molecule has 0 rings (SSSR count). The van der Waals surface area contributed by atoms with Crippen molar-refractivity contribution in [2.24, 2.45) is 0 Å². The van der Waals surface area contributed by atoms with Crippen molar-refractivity contribution in [1.29, 1.82) is 0 Å². The highest BCUT2D eigenvalue weighted by Crippen LogP contribution is 2.09. The van der Waals surface area contributed by atoms with Gasteiger partial charge in [0.15, 0.2) is 5.03 Å². The molecule has 0 bridgehead atoms. The number of aliphatic hydroxyl groups is 1. The zero-order valence-electron chi connectivity index (χ0n) is 4.89. The molecule has 0 aliphatic heterocycles. The van der Waals surface area contributed by atoms with Gasteiger partial charge in [0.25, 0.3) is 0 Å². The number of aliphatic hydroxyl groups excluding tert-OH is 1. The highest BCUT2D eigenvalue weighted by Gasteiger charge is 2.07. The van der Waals surface area contributed by atoms with E-state index in [1.54, 1.807) is 6.92 Å². The van der Waals surface area contributed by atoms with E-state index in [-0.39, 0.29) is 12.2 Å². The second-order valence-electron chi connectivity index (χ2n) is 1.42. The minimum atomic E-state index is -1.30. The Labute approximate surface area is 57.6 Å². The van der Waals surface area contributed by atoms with Crippen LogP contribution in [0.25, 0.3) is 0 Å². The Morgan fingerprint density at radius 3 is 2.11 bits per heavy atom. The summed E-state index contributed by atoms with van der Waals surface area (Å²) in [6.45, 7) is 1.61. The van der Waals surface area contributed by atoms with Crippen LogP contribution in [0.3, 0.4) is 0 Å². The number of carboxylic acids is 1. The van der Waals surface area contributed by atoms with Gasteiger partial charge in [-0.05, 0) is 0 Å². The minimum absolute atomic E-state index is 0.241. The van der Waals surface area contributed by atoms with Crippen molar-refractivity contribution in [2.45, 2.75) is 13.3 Å². The smallest absolute Gasteiger partial charge is 0.350 e. The Balaban J connectivity index is 4.28. The molecule has 0 aromatic rings. The summed E-state index contributed by atoms with van der Waals surface area (Å²) >= 11 is 5.10. The maximum atomic E-state index is 9.95. The Hall–Kier alpha value is -0.700. The molecule has 0 amide bonds. The highest BCUT2D eigenvalue weighted by atomic mass is 35.5. The largest absolute Gasteiger partial charge is 0.510 e. The lowest BCUT2D eigenvalue weighted by molar-refractivity contribution is -0.132. The van der Waals surface area contributed by atoms with Crippen LogP contribution in [-0.2, 0) is 4.79 Å². The van der Waals surface area contributed by atoms with Crippen LogP contribution in [0.5, 0.6) is 0 Å². The Kier molecular flexibility index (Phi) is 3.09. The van der Waals surface area contributed by atoms with Crippen molar-refractivity contribution < 1.29 is 15.0 Å². The monoisotopic (exact) mass is 150 g/mol. The van der Waals surface area contributed by atoms with Crippen molar-refractivity contribution in [2.75, 3.05) is 0 Å². The van der Waals surface area contributed by atoms with Gasteiger partial charge in [0, 0.05) is 6.42 Å². The van der Waals surface area contributed by atoms with Gasteiger partial charge in [0.1, 0.15) is 5.76 Å². The summed E-state index contributed by atoms with van der Waals surface area (Å²) < 4.78 is 0. The maximum absolute atomic E-state index is 9.95. The van der Waals surface area contributed by atoms with E-state index < -0.39 is 11.0 Å². The average Bonchev–Trinajstić information content (AvgIpc) is 1.84. The third-order valence-corrected chi connectivity index (χ3v) is 1.16. The normalized spacial score (nSPS) is 12.7. The van der Waals surface area contributed by atoms with Crippen molar-refractivity contribution in [3.63, 3.8) is 0 Å². The standard InChI is InChI=1S/C5H7ClO3/c1-2-3(7)4(6)5(8)9/h7H,2H2,1H3,(H,8,9). The number of hydrogen-bond donors (Lipinski definition) is 2. The maximum Gasteiger partial charge on any atom is 0.350 e. The van der Waals surface area contributed by atoms with Gasteiger partial charge in [-0.1, -0.05) is 18.5 Å². The molecule has 2 N–H and O–H groups in total. The Morgan fingerprint density at radius 2 is 2.00 bits per heavy atom. The first kappa shape index (κ1) is 8.30. The number of aliphatic carboxylic acids is 1. The summed E-state index contributed by atoms with van der Waals surface area (Å²) in [6, 6.07) is 0. The van der Waals surface area contributed by atoms with Gasteiger partial charge in [0.05, 0.1) is 0 Å². The summed E-state index contributed by atoms with van der Waals surface area (Å²) in [5.74, 6) is -1.58. The SMILES string of the molecule is CCC(O)=C(Cl)C(=O)O. The topological polar surface area (TPSA) is 57.5 Å². The van der Waals surface area contributed by atoms with E-state index in [2.05, 4.69) is 0 Å². The van der Waals surface area contributed by atoms with E-state index in [1.165, 1.54) is 0 Å². The van der Waals surface area contributed by atoms with E-state index in [0.717, 1.165) is 0 Å². The lowest BCUT2D eigenvalue weighted by Gasteiger charge is -1.93. The molecule has 0 fully saturated rings. The lowest BCUT2D eigenvalue weighted by atomic mass is 10.3. The second-order valence-corrected chi connectivity index (χ2v) is 1.80. The summed E-state index contributed by atoms with van der Waals surface area (Å²) in [5, 5.41) is 16.3. The molecule has 0 aromatic heterocycles. The molecule has 3 nitrogen and oxygen atoms in total. The fourth-order valence-corrected chi connectivity index (χ4v) is 0.412. The van der Waals surface area contributed by atoms with Gasteiger partial charge in [0.2, 0.25) is 0 Å². The third-order valence-electron chi connectivity index (χ3n) is 0.776. The van der Waals surface area contributed by atoms with Gasteiger partial charge >= 0.3 is 5.97 Å². The predicted molar refractivity (Wildman–Crippen MR) is 33.4 cm³/mol. The fraction of sp³-hybridized carbons (Fsp3) is 0.400. The first-order valence-electron chi connectivity index (χ1n) is 2.40. The minimum Gasteiger partial charge on any atom is -0.510 e. The molecule has 0 unspecified atom stereocenters. The van der Waals surface area contributed by atoms with Crippen LogP contribution in [0.15, 0.2) is 10.8 Å². The molecule has 9 heavy (non-hydrogen) atoms. The number of rotatable bonds is 2. The van der Waals surface area contributed by atoms with Crippen LogP contribution in [0.4, 0.5) is 0 Å². The van der Waals surface area contributed by atoms with Crippen LogP contribution in [0.2, 0.25) is 0 Å². The molecule has 0 atom stereocenters. The molecule has 0 aliphatic rings. The summed E-state index contributed by atoms with van der Waals surface area (Å²) in [7, 11) is 0. The van der Waals surface area contributed by atoms with Crippen molar-refractivity contribution in [1.82, 2.24) is 0 Å². The quantitative estimate of drug-likeness (QED) is 0.463. The van der Waals surface area contributed by atoms with Gasteiger partial charge < -0.3 is 10.2 Å². The molecule has 0 saturated heterocycles. The number of carbonyl (C=O) groups is 1. The number of halogens is 1. The summed E-state index contributed by atoms with van der Waals surface area (Å²) in [5.41, 5.74) is 0. The van der Waals surface area contributed by atoms with Crippen molar-refractivity contribution in [3.05, 3.63) is 10.8 Å². The van der Waals surface area contributed by atoms with Crippen molar-refractivity contribution in [3.8, 4) is 0 Å². The molecule has 0 saturated carbocycles. The highest BCUT2D eigenvalue weighted by molar-refractivity contribution is 6.41. The Bertz CT molecular complexity index is 150. The van der Waals surface area contributed by atoms with E-state index in [4.69, 9.17) is 21.8 Å². The molecular weight excluding hydrogens is 144 g/mol. The molecule has 0 radical (unpaired) electrons. The summed E-state index contributed by atoms with van der Waals surface area (Å²) in [6.07, 6.45) is 0.241. The third kappa shape index (κ3) is 2.37. The molecular formula is C5H7ClO3. The second kappa shape index (κ2) is 3.35. The van der Waals surface area contributed by atoms with Crippen LogP contribution >= 0.6 is 11.6 Å². The van der Waals surface area contributed by atoms with E-state index in [0.29, 0.717) is 0 Å². The first-order chi connectivity index (χ1) is 4.09. The molecule has 0 heterocycles. The van der Waals surface area contributed by atoms with Gasteiger partial charge in [-0.3, -0.25) is 0 Å². The zero-order chi connectivity index (χ0) is 7.44. The van der Waals surface area contributed by atoms with Gasteiger partial charge in [-0.15, -0.1) is 0 Å². The molecule has 52 valence electrons. The Morgan fingerprint density at radius 1 is 1.56 bits per heavy atom. The van der Waals surface area contributed by atoms with E-state index >= 15 is 0 Å². The van der Waals surface area contributed by atoms with Crippen molar-refractivity contribution >= 4 is 17.6 Å².